The second-order valence-electron chi connectivity index (χ2n) is 2.81. The Labute approximate surface area is 102 Å². The molecule has 1 amide bonds. The van der Waals surface area contributed by atoms with Gasteiger partial charge in [0.1, 0.15) is 6.54 Å². The summed E-state index contributed by atoms with van der Waals surface area (Å²) >= 11 is 1.75. The summed E-state index contributed by atoms with van der Waals surface area (Å²) in [6.45, 7) is -1.55. The molecule has 0 fully saturated rings. The van der Waals surface area contributed by atoms with Gasteiger partial charge in [0, 0.05) is 9.77 Å². The van der Waals surface area contributed by atoms with E-state index in [2.05, 4.69) is 4.98 Å². The Kier molecular flexibility index (Phi) is 3.94. The van der Waals surface area contributed by atoms with Gasteiger partial charge in [-0.05, 0) is 28.7 Å². The highest BCUT2D eigenvalue weighted by Gasteiger charge is 2.34. The minimum atomic E-state index is -4.59. The first-order valence-corrected chi connectivity index (χ1v) is 5.06. The molecule has 1 aromatic heterocycles. The molecular weight excluding hydrogens is 340 g/mol. The smallest absolute Gasteiger partial charge is 0.412 e. The molecule has 0 radical (unpaired) electrons. The van der Waals surface area contributed by atoms with Crippen LogP contribution < -0.4 is 4.90 Å². The lowest BCUT2D eigenvalue weighted by atomic mass is 10.3. The zero-order valence-corrected chi connectivity index (χ0v) is 9.86. The van der Waals surface area contributed by atoms with Crippen LogP contribution in [0.25, 0.3) is 0 Å². The number of carbonyl (C=O) groups is 1. The normalized spacial score (nSPS) is 11.2. The van der Waals surface area contributed by atoms with Crippen molar-refractivity contribution in [1.29, 1.82) is 0 Å². The molecule has 0 spiro atoms. The summed E-state index contributed by atoms with van der Waals surface area (Å²) < 4.78 is 36.9. The first kappa shape index (κ1) is 13.0. The quantitative estimate of drug-likeness (QED) is 0.838. The highest BCUT2D eigenvalue weighted by Crippen LogP contribution is 2.25. The highest BCUT2D eigenvalue weighted by atomic mass is 127. The maximum Gasteiger partial charge on any atom is 0.412 e. The van der Waals surface area contributed by atoms with E-state index < -0.39 is 18.8 Å². The van der Waals surface area contributed by atoms with Gasteiger partial charge in [-0.25, -0.2) is 4.79 Å². The summed E-state index contributed by atoms with van der Waals surface area (Å²) in [5.74, 6) is 0. The summed E-state index contributed by atoms with van der Waals surface area (Å²) in [4.78, 5) is 14.5. The number of anilines is 1. The van der Waals surface area contributed by atoms with E-state index in [-0.39, 0.29) is 10.6 Å². The van der Waals surface area contributed by atoms with Gasteiger partial charge in [0.15, 0.2) is 0 Å². The predicted molar refractivity (Wildman–Crippen MR) is 58.4 cm³/mol. The Bertz CT molecular complexity index is 397. The van der Waals surface area contributed by atoms with E-state index >= 15 is 0 Å². The van der Waals surface area contributed by atoms with Gasteiger partial charge < -0.3 is 5.11 Å². The minimum absolute atomic E-state index is 0.0760. The van der Waals surface area contributed by atoms with Crippen molar-refractivity contribution in [3.8, 4) is 0 Å². The van der Waals surface area contributed by atoms with Gasteiger partial charge in [-0.3, -0.25) is 9.88 Å². The number of nitrogens with zero attached hydrogens (tertiary/aromatic N) is 2. The van der Waals surface area contributed by atoms with Crippen LogP contribution in [0.15, 0.2) is 18.5 Å². The van der Waals surface area contributed by atoms with Crippen LogP contribution >= 0.6 is 22.6 Å². The Morgan fingerprint density at radius 1 is 1.56 bits per heavy atom. The maximum absolute atomic E-state index is 12.2. The molecule has 1 aromatic rings. The van der Waals surface area contributed by atoms with Crippen molar-refractivity contribution in [3.63, 3.8) is 0 Å². The third kappa shape index (κ3) is 3.51. The van der Waals surface area contributed by atoms with E-state index in [1.54, 1.807) is 22.6 Å². The fourth-order valence-electron chi connectivity index (χ4n) is 1.00. The lowest BCUT2D eigenvalue weighted by molar-refractivity contribution is -0.119. The second kappa shape index (κ2) is 4.85. The zero-order valence-electron chi connectivity index (χ0n) is 7.70. The monoisotopic (exact) mass is 346 g/mol. The van der Waals surface area contributed by atoms with E-state index in [1.165, 1.54) is 12.3 Å². The molecule has 0 unspecified atom stereocenters. The molecular formula is C8H6F3IN2O2. The second-order valence-corrected chi connectivity index (χ2v) is 3.97. The molecule has 88 valence electrons. The fourth-order valence-corrected chi connectivity index (χ4v) is 1.59. The van der Waals surface area contributed by atoms with Crippen LogP contribution in [0.2, 0.25) is 0 Å². The number of amides is 1. The number of halogens is 4. The molecule has 0 aliphatic heterocycles. The number of alkyl halides is 3. The number of rotatable bonds is 2. The van der Waals surface area contributed by atoms with E-state index in [0.29, 0.717) is 3.57 Å². The summed E-state index contributed by atoms with van der Waals surface area (Å²) in [5, 5.41) is 8.71. The summed E-state index contributed by atoms with van der Waals surface area (Å²) in [5.41, 5.74) is -0.0760. The van der Waals surface area contributed by atoms with Gasteiger partial charge in [-0.1, -0.05) is 0 Å². The van der Waals surface area contributed by atoms with Crippen molar-refractivity contribution in [2.75, 3.05) is 11.4 Å². The lowest BCUT2D eigenvalue weighted by Crippen LogP contribution is -2.38. The third-order valence-electron chi connectivity index (χ3n) is 1.61. The Morgan fingerprint density at radius 3 is 2.62 bits per heavy atom. The van der Waals surface area contributed by atoms with Crippen LogP contribution in [0.5, 0.6) is 0 Å². The highest BCUT2D eigenvalue weighted by molar-refractivity contribution is 14.1. The first-order valence-electron chi connectivity index (χ1n) is 3.98. The van der Waals surface area contributed by atoms with Crippen molar-refractivity contribution in [2.45, 2.75) is 6.18 Å². The first-order chi connectivity index (χ1) is 7.31. The van der Waals surface area contributed by atoms with Crippen molar-refractivity contribution in [3.05, 3.63) is 22.0 Å². The van der Waals surface area contributed by atoms with Crippen molar-refractivity contribution < 1.29 is 23.1 Å². The number of hydrogen-bond acceptors (Lipinski definition) is 2. The van der Waals surface area contributed by atoms with Crippen molar-refractivity contribution in [1.82, 2.24) is 4.98 Å². The van der Waals surface area contributed by atoms with E-state index in [9.17, 15) is 18.0 Å². The number of carboxylic acid groups (broad SMARTS) is 1. The van der Waals surface area contributed by atoms with Crippen LogP contribution in [-0.2, 0) is 0 Å². The van der Waals surface area contributed by atoms with Crippen molar-refractivity contribution in [2.24, 2.45) is 0 Å². The maximum atomic E-state index is 12.2. The minimum Gasteiger partial charge on any atom is -0.465 e. The van der Waals surface area contributed by atoms with E-state index in [0.717, 1.165) is 6.20 Å². The molecule has 16 heavy (non-hydrogen) atoms. The fraction of sp³-hybridized carbons (Fsp3) is 0.250. The van der Waals surface area contributed by atoms with Crippen molar-refractivity contribution >= 4 is 34.4 Å². The van der Waals surface area contributed by atoms with E-state index in [1.807, 2.05) is 0 Å². The third-order valence-corrected chi connectivity index (χ3v) is 2.52. The lowest BCUT2D eigenvalue weighted by Gasteiger charge is -2.21. The average Bonchev–Trinajstić information content (AvgIpc) is 2.13. The standard InChI is InChI=1S/C8H6F3IN2O2/c9-8(10,11)4-14(7(15)16)6-3-13-2-1-5(6)12/h1-3H,4H2,(H,15,16). The Hall–Kier alpha value is -1.06. The molecule has 0 atom stereocenters. The number of aromatic nitrogens is 1. The molecule has 0 aliphatic rings. The van der Waals surface area contributed by atoms with Gasteiger partial charge in [0.25, 0.3) is 0 Å². The van der Waals surface area contributed by atoms with Crippen LogP contribution in [0.1, 0.15) is 0 Å². The topological polar surface area (TPSA) is 53.4 Å². The predicted octanol–water partition coefficient (Wildman–Crippen LogP) is 2.73. The SMILES string of the molecule is O=C(O)N(CC(F)(F)F)c1cnccc1I. The van der Waals surface area contributed by atoms with Gasteiger partial charge in [-0.15, -0.1) is 0 Å². The molecule has 0 aromatic carbocycles. The van der Waals surface area contributed by atoms with Gasteiger partial charge in [-0.2, -0.15) is 13.2 Å². The molecule has 1 N–H and O–H groups in total. The van der Waals surface area contributed by atoms with Gasteiger partial charge in [0.2, 0.25) is 0 Å². The Morgan fingerprint density at radius 2 is 2.19 bits per heavy atom. The van der Waals surface area contributed by atoms with Crippen LogP contribution in [0, 0.1) is 3.57 Å². The molecule has 0 saturated heterocycles. The summed E-state index contributed by atoms with van der Waals surface area (Å²) in [6.07, 6.45) is -3.79. The Balaban J connectivity index is 3.04. The summed E-state index contributed by atoms with van der Waals surface area (Å²) in [7, 11) is 0. The summed E-state index contributed by atoms with van der Waals surface area (Å²) in [6, 6.07) is 1.43. The average molecular weight is 346 g/mol. The van der Waals surface area contributed by atoms with Crippen LogP contribution in [0.4, 0.5) is 23.7 Å². The van der Waals surface area contributed by atoms with E-state index in [4.69, 9.17) is 5.11 Å². The van der Waals surface area contributed by atoms with Crippen LogP contribution in [-0.4, -0.2) is 28.9 Å². The van der Waals surface area contributed by atoms with Gasteiger partial charge in [0.05, 0.1) is 11.9 Å². The number of hydrogen-bond donors (Lipinski definition) is 1. The van der Waals surface area contributed by atoms with Crippen LogP contribution in [0.3, 0.4) is 0 Å². The molecule has 4 nitrogen and oxygen atoms in total. The molecule has 1 rings (SSSR count). The molecule has 0 bridgehead atoms. The molecule has 8 heteroatoms. The van der Waals surface area contributed by atoms with Gasteiger partial charge >= 0.3 is 12.3 Å². The largest absolute Gasteiger partial charge is 0.465 e. The number of pyridine rings is 1. The molecule has 0 aliphatic carbocycles. The zero-order chi connectivity index (χ0) is 12.3. The molecule has 0 saturated carbocycles. The molecule has 1 heterocycles.